The summed E-state index contributed by atoms with van der Waals surface area (Å²) in [7, 11) is 0. The normalized spacial score (nSPS) is 14.9. The van der Waals surface area contributed by atoms with Gasteiger partial charge in [0, 0.05) is 27.8 Å². The Balaban J connectivity index is 1.57. The topological polar surface area (TPSA) is 71.4 Å². The van der Waals surface area contributed by atoms with Gasteiger partial charge in [0.1, 0.15) is 6.54 Å². The van der Waals surface area contributed by atoms with Crippen LogP contribution in [-0.4, -0.2) is 33.1 Å². The van der Waals surface area contributed by atoms with Crippen molar-refractivity contribution in [2.75, 3.05) is 11.9 Å². The van der Waals surface area contributed by atoms with Gasteiger partial charge in [0.25, 0.3) is 11.1 Å². The smallest absolute Gasteiger partial charge is 0.294 e. The number of benzene rings is 2. The number of amides is 3. The highest BCUT2D eigenvalue weighted by Crippen LogP contribution is 2.34. The quantitative estimate of drug-likeness (QED) is 0.474. The molecule has 3 amide bonds. The fraction of sp³-hybridized carbons (Fsp3) is 0.160. The molecule has 2 heterocycles. The molecule has 0 atom stereocenters. The maximum atomic E-state index is 12.9. The number of aromatic nitrogens is 1. The van der Waals surface area contributed by atoms with Gasteiger partial charge in [-0.05, 0) is 80.1 Å². The molecule has 0 spiro atoms. The highest BCUT2D eigenvalue weighted by atomic mass is 35.5. The van der Waals surface area contributed by atoms with E-state index in [0.717, 1.165) is 44.9 Å². The zero-order chi connectivity index (χ0) is 23.7. The van der Waals surface area contributed by atoms with Crippen molar-refractivity contribution in [3.63, 3.8) is 0 Å². The van der Waals surface area contributed by atoms with Crippen molar-refractivity contribution < 1.29 is 14.4 Å². The lowest BCUT2D eigenvalue weighted by molar-refractivity contribution is -0.127. The number of anilines is 1. The predicted octanol–water partition coefficient (Wildman–Crippen LogP) is 5.73. The van der Waals surface area contributed by atoms with Gasteiger partial charge in [0.05, 0.1) is 4.91 Å². The molecular formula is C25H22ClN3O3S. The van der Waals surface area contributed by atoms with E-state index in [-0.39, 0.29) is 11.4 Å². The molecule has 0 bridgehead atoms. The predicted molar refractivity (Wildman–Crippen MR) is 133 cm³/mol. The molecule has 0 aliphatic carbocycles. The largest absolute Gasteiger partial charge is 0.325 e. The van der Waals surface area contributed by atoms with Crippen LogP contribution in [0.25, 0.3) is 11.8 Å². The number of imide groups is 1. The van der Waals surface area contributed by atoms with Gasteiger partial charge in [-0.2, -0.15) is 0 Å². The van der Waals surface area contributed by atoms with Crippen LogP contribution >= 0.6 is 23.4 Å². The number of aryl methyl sites for hydroxylation is 1. The average molecular weight is 480 g/mol. The number of para-hydroxylation sites is 1. The SMILES string of the molecule is Cc1c(Cl)cccc1-n1c(C)cc(/C=C2\SC(=O)N(CC(=O)Nc3ccccc3)C2=O)c1C. The molecule has 1 saturated heterocycles. The van der Waals surface area contributed by atoms with Gasteiger partial charge in [-0.1, -0.05) is 35.9 Å². The molecule has 168 valence electrons. The molecule has 3 aromatic rings. The van der Waals surface area contributed by atoms with E-state index in [4.69, 9.17) is 11.6 Å². The molecule has 1 fully saturated rings. The summed E-state index contributed by atoms with van der Waals surface area (Å²) in [4.78, 5) is 39.0. The lowest BCUT2D eigenvalue weighted by Gasteiger charge is -2.13. The maximum absolute atomic E-state index is 12.9. The Kier molecular flexibility index (Phi) is 6.44. The first-order valence-electron chi connectivity index (χ1n) is 10.3. The number of nitrogens with one attached hydrogen (secondary N) is 1. The van der Waals surface area contributed by atoms with Gasteiger partial charge in [0.15, 0.2) is 0 Å². The number of thioether (sulfide) groups is 1. The molecule has 4 rings (SSSR count). The summed E-state index contributed by atoms with van der Waals surface area (Å²) in [6.07, 6.45) is 1.71. The monoisotopic (exact) mass is 479 g/mol. The second-order valence-electron chi connectivity index (χ2n) is 7.73. The second-order valence-corrected chi connectivity index (χ2v) is 9.13. The van der Waals surface area contributed by atoms with E-state index in [1.54, 1.807) is 30.3 Å². The van der Waals surface area contributed by atoms with Gasteiger partial charge in [-0.15, -0.1) is 0 Å². The van der Waals surface area contributed by atoms with Gasteiger partial charge >= 0.3 is 0 Å². The van der Waals surface area contributed by atoms with Crippen LogP contribution in [0.4, 0.5) is 10.5 Å². The summed E-state index contributed by atoms with van der Waals surface area (Å²) in [6.45, 7) is 5.56. The Labute approximate surface area is 201 Å². The summed E-state index contributed by atoms with van der Waals surface area (Å²) in [6, 6.07) is 16.6. The average Bonchev–Trinajstić information content (AvgIpc) is 3.20. The zero-order valence-electron chi connectivity index (χ0n) is 18.4. The van der Waals surface area contributed by atoms with E-state index >= 15 is 0 Å². The Hall–Kier alpha value is -3.29. The molecule has 0 saturated carbocycles. The van der Waals surface area contributed by atoms with Crippen LogP contribution in [-0.2, 0) is 9.59 Å². The van der Waals surface area contributed by atoms with Crippen molar-refractivity contribution in [3.05, 3.63) is 87.0 Å². The molecule has 33 heavy (non-hydrogen) atoms. The molecule has 1 N–H and O–H groups in total. The zero-order valence-corrected chi connectivity index (χ0v) is 20.0. The molecule has 1 aromatic heterocycles. The number of rotatable bonds is 5. The van der Waals surface area contributed by atoms with E-state index in [2.05, 4.69) is 9.88 Å². The highest BCUT2D eigenvalue weighted by Gasteiger charge is 2.36. The number of hydrogen-bond acceptors (Lipinski definition) is 4. The number of hydrogen-bond donors (Lipinski definition) is 1. The summed E-state index contributed by atoms with van der Waals surface area (Å²) >= 11 is 7.15. The number of carbonyl (C=O) groups is 3. The first-order valence-corrected chi connectivity index (χ1v) is 11.5. The minimum absolute atomic E-state index is 0.288. The fourth-order valence-corrected chi connectivity index (χ4v) is 4.78. The molecule has 2 aromatic carbocycles. The van der Waals surface area contributed by atoms with Crippen LogP contribution in [0.15, 0.2) is 59.5 Å². The lowest BCUT2D eigenvalue weighted by Crippen LogP contribution is -2.36. The van der Waals surface area contributed by atoms with E-state index in [1.165, 1.54) is 0 Å². The Morgan fingerprint density at radius 2 is 1.79 bits per heavy atom. The van der Waals surface area contributed by atoms with Crippen LogP contribution < -0.4 is 5.32 Å². The molecule has 8 heteroatoms. The lowest BCUT2D eigenvalue weighted by atomic mass is 10.2. The Morgan fingerprint density at radius 1 is 1.06 bits per heavy atom. The van der Waals surface area contributed by atoms with Crippen molar-refractivity contribution in [1.82, 2.24) is 9.47 Å². The first kappa shape index (κ1) is 22.9. The molecule has 0 unspecified atom stereocenters. The van der Waals surface area contributed by atoms with Gasteiger partial charge < -0.3 is 9.88 Å². The Morgan fingerprint density at radius 3 is 2.52 bits per heavy atom. The second kappa shape index (κ2) is 9.29. The molecule has 6 nitrogen and oxygen atoms in total. The van der Waals surface area contributed by atoms with Crippen molar-refractivity contribution in [3.8, 4) is 5.69 Å². The van der Waals surface area contributed by atoms with Gasteiger partial charge in [-0.25, -0.2) is 0 Å². The summed E-state index contributed by atoms with van der Waals surface area (Å²) in [5, 5.41) is 2.91. The highest BCUT2D eigenvalue weighted by molar-refractivity contribution is 8.18. The van der Waals surface area contributed by atoms with Crippen LogP contribution in [0.1, 0.15) is 22.5 Å². The van der Waals surface area contributed by atoms with Crippen molar-refractivity contribution in [2.24, 2.45) is 0 Å². The van der Waals surface area contributed by atoms with E-state index in [1.807, 2.05) is 51.1 Å². The number of carbonyl (C=O) groups excluding carboxylic acids is 3. The standard InChI is InChI=1S/C25H22ClN3O3S/c1-15-12-18(17(3)29(15)21-11-7-10-20(26)16(21)2)13-22-24(31)28(25(32)33-22)14-23(30)27-19-8-5-4-6-9-19/h4-13H,14H2,1-3H3,(H,27,30)/b22-13-. The van der Waals surface area contributed by atoms with Crippen LogP contribution in [0, 0.1) is 20.8 Å². The summed E-state index contributed by atoms with van der Waals surface area (Å²) < 4.78 is 2.07. The third kappa shape index (κ3) is 4.60. The summed E-state index contributed by atoms with van der Waals surface area (Å²) in [5.41, 5.74) is 5.25. The summed E-state index contributed by atoms with van der Waals surface area (Å²) in [5.74, 6) is -0.906. The minimum atomic E-state index is -0.475. The first-order chi connectivity index (χ1) is 15.8. The molecule has 0 radical (unpaired) electrons. The van der Waals surface area contributed by atoms with Crippen LogP contribution in [0.2, 0.25) is 5.02 Å². The molecule has 1 aliphatic heterocycles. The van der Waals surface area contributed by atoms with E-state index in [0.29, 0.717) is 10.7 Å². The minimum Gasteiger partial charge on any atom is -0.325 e. The van der Waals surface area contributed by atoms with Crippen LogP contribution in [0.3, 0.4) is 0 Å². The van der Waals surface area contributed by atoms with Crippen LogP contribution in [0.5, 0.6) is 0 Å². The van der Waals surface area contributed by atoms with Crippen molar-refractivity contribution >= 4 is 52.2 Å². The van der Waals surface area contributed by atoms with Crippen molar-refractivity contribution in [2.45, 2.75) is 20.8 Å². The Bertz CT molecular complexity index is 1300. The van der Waals surface area contributed by atoms with E-state index < -0.39 is 17.1 Å². The van der Waals surface area contributed by atoms with Crippen molar-refractivity contribution in [1.29, 1.82) is 0 Å². The van der Waals surface area contributed by atoms with Gasteiger partial charge in [0.2, 0.25) is 5.91 Å². The van der Waals surface area contributed by atoms with E-state index in [9.17, 15) is 14.4 Å². The van der Waals surface area contributed by atoms with Gasteiger partial charge in [-0.3, -0.25) is 19.3 Å². The number of halogens is 1. The third-order valence-electron chi connectivity index (χ3n) is 5.47. The third-order valence-corrected chi connectivity index (χ3v) is 6.79. The molecular weight excluding hydrogens is 458 g/mol. The fourth-order valence-electron chi connectivity index (χ4n) is 3.79. The molecule has 1 aliphatic rings. The maximum Gasteiger partial charge on any atom is 0.294 e. The number of nitrogens with zero attached hydrogens (tertiary/aromatic N) is 2.